The summed E-state index contributed by atoms with van der Waals surface area (Å²) in [5.74, 6) is -0.191. The number of halogens is 4. The van der Waals surface area contributed by atoms with Crippen molar-refractivity contribution in [3.05, 3.63) is 62.7 Å². The minimum absolute atomic E-state index is 0.0139. The van der Waals surface area contributed by atoms with Crippen molar-refractivity contribution in [2.24, 2.45) is 0 Å². The molecule has 0 bridgehead atoms. The highest BCUT2D eigenvalue weighted by atomic mass is 35.5. The molecule has 2 heterocycles. The average Bonchev–Trinajstić information content (AvgIpc) is 3.32. The van der Waals surface area contributed by atoms with Gasteiger partial charge in [-0.3, -0.25) is 4.72 Å². The van der Waals surface area contributed by atoms with E-state index in [0.29, 0.717) is 27.6 Å². The monoisotopic (exact) mass is 534 g/mol. The summed E-state index contributed by atoms with van der Waals surface area (Å²) in [5.41, 5.74) is 1.06. The number of likely N-dealkylation sites (tertiary alicyclic amines) is 1. The van der Waals surface area contributed by atoms with Crippen molar-refractivity contribution in [3.8, 4) is 16.9 Å². The van der Waals surface area contributed by atoms with Crippen LogP contribution >= 0.6 is 46.1 Å². The predicted molar refractivity (Wildman–Crippen MR) is 129 cm³/mol. The zero-order valence-electron chi connectivity index (χ0n) is 16.7. The quantitative estimate of drug-likeness (QED) is 0.397. The molecular weight excluding hydrogens is 518 g/mol. The normalized spacial score (nSPS) is 17.0. The van der Waals surface area contributed by atoms with E-state index in [2.05, 4.69) is 9.62 Å². The predicted octanol–water partition coefficient (Wildman–Crippen LogP) is 6.40. The van der Waals surface area contributed by atoms with Crippen molar-refractivity contribution in [1.82, 2.24) is 4.90 Å². The van der Waals surface area contributed by atoms with E-state index in [4.69, 9.17) is 39.5 Å². The summed E-state index contributed by atoms with van der Waals surface area (Å²) in [5, 5.41) is 0.279. The Morgan fingerprint density at radius 2 is 1.91 bits per heavy atom. The largest absolute Gasteiger partial charge is 0.487 e. The van der Waals surface area contributed by atoms with Crippen molar-refractivity contribution < 1.29 is 17.5 Å². The van der Waals surface area contributed by atoms with Crippen LogP contribution in [0.3, 0.4) is 0 Å². The van der Waals surface area contributed by atoms with Crippen molar-refractivity contribution in [2.45, 2.75) is 16.7 Å². The molecular formula is C21H18Cl3FN2O3S2. The summed E-state index contributed by atoms with van der Waals surface area (Å²) in [7, 11) is -2.01. The molecule has 1 unspecified atom stereocenters. The fourth-order valence-electron chi connectivity index (χ4n) is 3.44. The molecule has 11 heteroatoms. The number of nitrogens with one attached hydrogen (secondary N) is 1. The molecule has 0 amide bonds. The lowest BCUT2D eigenvalue weighted by molar-refractivity contribution is 0.208. The van der Waals surface area contributed by atoms with E-state index in [1.165, 1.54) is 24.3 Å². The topological polar surface area (TPSA) is 58.6 Å². The SMILES string of the molecule is CN1CCC(Oc2cc(NS(=O)(=O)c3sc(Cl)cc3-c3ccc(F)c(Cl)c3)ccc2Cl)C1. The summed E-state index contributed by atoms with van der Waals surface area (Å²) in [6.07, 6.45) is 0.843. The molecule has 1 fully saturated rings. The summed E-state index contributed by atoms with van der Waals surface area (Å²) in [6, 6.07) is 10.2. The summed E-state index contributed by atoms with van der Waals surface area (Å²) in [4.78, 5) is 2.15. The molecule has 4 rings (SSSR count). The molecule has 32 heavy (non-hydrogen) atoms. The highest BCUT2D eigenvalue weighted by Gasteiger charge is 2.25. The lowest BCUT2D eigenvalue weighted by Crippen LogP contribution is -2.21. The lowest BCUT2D eigenvalue weighted by atomic mass is 10.1. The molecule has 0 saturated carbocycles. The zero-order chi connectivity index (χ0) is 23.0. The van der Waals surface area contributed by atoms with E-state index in [9.17, 15) is 12.8 Å². The Balaban J connectivity index is 1.63. The van der Waals surface area contributed by atoms with Crippen LogP contribution in [-0.4, -0.2) is 39.6 Å². The summed E-state index contributed by atoms with van der Waals surface area (Å²) in [6.45, 7) is 1.69. The van der Waals surface area contributed by atoms with Crippen LogP contribution in [0.25, 0.3) is 11.1 Å². The van der Waals surface area contributed by atoms with E-state index in [0.717, 1.165) is 30.8 Å². The third-order valence-electron chi connectivity index (χ3n) is 4.97. The van der Waals surface area contributed by atoms with Crippen molar-refractivity contribution in [2.75, 3.05) is 24.9 Å². The molecule has 1 N–H and O–H groups in total. The molecule has 1 atom stereocenters. The number of hydrogen-bond donors (Lipinski definition) is 1. The summed E-state index contributed by atoms with van der Waals surface area (Å²) < 4.78 is 48.8. The zero-order valence-corrected chi connectivity index (χ0v) is 20.6. The molecule has 5 nitrogen and oxygen atoms in total. The van der Waals surface area contributed by atoms with Gasteiger partial charge in [-0.1, -0.05) is 40.9 Å². The van der Waals surface area contributed by atoms with Gasteiger partial charge in [0.2, 0.25) is 0 Å². The molecule has 1 aliphatic rings. The average molecular weight is 536 g/mol. The minimum atomic E-state index is -4.02. The highest BCUT2D eigenvalue weighted by Crippen LogP contribution is 2.40. The number of benzene rings is 2. The van der Waals surface area contributed by atoms with E-state index < -0.39 is 15.8 Å². The summed E-state index contributed by atoms with van der Waals surface area (Å²) >= 11 is 19.2. The third-order valence-corrected chi connectivity index (χ3v) is 8.75. The van der Waals surface area contributed by atoms with Crippen LogP contribution < -0.4 is 9.46 Å². The van der Waals surface area contributed by atoms with E-state index >= 15 is 0 Å². The van der Waals surface area contributed by atoms with Gasteiger partial charge in [0.05, 0.1) is 20.1 Å². The van der Waals surface area contributed by atoms with Crippen LogP contribution in [0.5, 0.6) is 5.75 Å². The first-order chi connectivity index (χ1) is 15.1. The van der Waals surface area contributed by atoms with Gasteiger partial charge in [0.15, 0.2) is 0 Å². The first kappa shape index (κ1) is 23.6. The van der Waals surface area contributed by atoms with Crippen LogP contribution in [0.15, 0.2) is 46.7 Å². The van der Waals surface area contributed by atoms with Gasteiger partial charge in [-0.05, 0) is 49.4 Å². The van der Waals surface area contributed by atoms with Gasteiger partial charge in [0.1, 0.15) is 21.9 Å². The molecule has 3 aromatic rings. The molecule has 2 aromatic carbocycles. The first-order valence-corrected chi connectivity index (χ1v) is 13.0. The van der Waals surface area contributed by atoms with Crippen molar-refractivity contribution in [1.29, 1.82) is 0 Å². The highest BCUT2D eigenvalue weighted by molar-refractivity contribution is 7.94. The number of ether oxygens (including phenoxy) is 1. The van der Waals surface area contributed by atoms with Crippen LogP contribution in [0.2, 0.25) is 14.4 Å². The lowest BCUT2D eigenvalue weighted by Gasteiger charge is -2.16. The molecule has 1 aliphatic heterocycles. The van der Waals surface area contributed by atoms with E-state index in [1.54, 1.807) is 18.2 Å². The van der Waals surface area contributed by atoms with Gasteiger partial charge in [0.25, 0.3) is 10.0 Å². The van der Waals surface area contributed by atoms with Gasteiger partial charge >= 0.3 is 0 Å². The van der Waals surface area contributed by atoms with Crippen LogP contribution in [0, 0.1) is 5.82 Å². The maximum absolute atomic E-state index is 13.6. The second kappa shape index (κ2) is 9.37. The second-order valence-electron chi connectivity index (χ2n) is 7.42. The fourth-order valence-corrected chi connectivity index (χ4v) is 6.73. The maximum Gasteiger partial charge on any atom is 0.272 e. The minimum Gasteiger partial charge on any atom is -0.487 e. The first-order valence-electron chi connectivity index (χ1n) is 9.55. The Labute approximate surface area is 204 Å². The number of nitrogens with zero attached hydrogens (tertiary/aromatic N) is 1. The van der Waals surface area contributed by atoms with Crippen LogP contribution in [-0.2, 0) is 10.0 Å². The number of likely N-dealkylation sites (N-methyl/N-ethyl adjacent to an activating group) is 1. The Morgan fingerprint density at radius 1 is 1.12 bits per heavy atom. The van der Waals surface area contributed by atoms with Gasteiger partial charge in [-0.25, -0.2) is 12.8 Å². The van der Waals surface area contributed by atoms with Crippen LogP contribution in [0.1, 0.15) is 6.42 Å². The third kappa shape index (κ3) is 5.16. The van der Waals surface area contributed by atoms with Gasteiger partial charge < -0.3 is 9.64 Å². The number of thiophene rings is 1. The molecule has 1 aromatic heterocycles. The molecule has 0 radical (unpaired) electrons. The Hall–Kier alpha value is -1.55. The van der Waals surface area contributed by atoms with Crippen LogP contribution in [0.4, 0.5) is 10.1 Å². The van der Waals surface area contributed by atoms with Crippen molar-refractivity contribution >= 4 is 61.9 Å². The number of sulfonamides is 1. The number of hydrogen-bond acceptors (Lipinski definition) is 5. The molecule has 1 saturated heterocycles. The van der Waals surface area contributed by atoms with Gasteiger partial charge in [-0.2, -0.15) is 0 Å². The van der Waals surface area contributed by atoms with Gasteiger partial charge in [-0.15, -0.1) is 11.3 Å². The van der Waals surface area contributed by atoms with Gasteiger partial charge in [0, 0.05) is 24.7 Å². The Bertz CT molecular complexity index is 1270. The Morgan fingerprint density at radius 3 is 2.59 bits per heavy atom. The molecule has 0 spiro atoms. The Kier molecular flexibility index (Phi) is 6.91. The van der Waals surface area contributed by atoms with E-state index in [-0.39, 0.29) is 19.7 Å². The maximum atomic E-state index is 13.6. The smallest absolute Gasteiger partial charge is 0.272 e. The second-order valence-corrected chi connectivity index (χ2v) is 11.8. The molecule has 0 aliphatic carbocycles. The molecule has 170 valence electrons. The fraction of sp³-hybridized carbons (Fsp3) is 0.238. The van der Waals surface area contributed by atoms with Crippen molar-refractivity contribution in [3.63, 3.8) is 0 Å². The number of anilines is 1. The number of rotatable bonds is 6. The standard InChI is InChI=1S/C21H18Cl3FN2O3S2/c1-27-7-6-14(11-27)30-19-9-13(3-4-16(19)22)26-32(28,29)21-15(10-20(24)31-21)12-2-5-18(25)17(23)8-12/h2-5,8-10,14,26H,6-7,11H2,1H3. The van der Waals surface area contributed by atoms with E-state index in [1.807, 2.05) is 7.05 Å².